The molecule has 1 aromatic heterocycles. The summed E-state index contributed by atoms with van der Waals surface area (Å²) in [6, 6.07) is 0.613. The lowest BCUT2D eigenvalue weighted by atomic mass is 9.87. The van der Waals surface area contributed by atoms with E-state index in [9.17, 15) is 13.9 Å². The predicted molar refractivity (Wildman–Crippen MR) is 63.9 cm³/mol. The van der Waals surface area contributed by atoms with Crippen LogP contribution in [0.25, 0.3) is 0 Å². The van der Waals surface area contributed by atoms with Gasteiger partial charge in [-0.15, -0.1) is 0 Å². The quantitative estimate of drug-likeness (QED) is 0.862. The Labute approximate surface area is 112 Å². The van der Waals surface area contributed by atoms with Crippen LogP contribution in [-0.4, -0.2) is 25.9 Å². The van der Waals surface area contributed by atoms with Gasteiger partial charge in [0.25, 0.3) is 0 Å². The van der Waals surface area contributed by atoms with Gasteiger partial charge in [-0.1, -0.05) is 6.07 Å². The molecule has 102 valence electrons. The highest BCUT2D eigenvalue weighted by Crippen LogP contribution is 2.28. The fraction of sp³-hybridized carbons (Fsp3) is 0.333. The number of nitrogens with two attached hydrogens (primary N) is 1. The summed E-state index contributed by atoms with van der Waals surface area (Å²) in [6.45, 7) is -3.22. The number of hydrogen-bond donors (Lipinski definition) is 2. The van der Waals surface area contributed by atoms with Gasteiger partial charge in [-0.25, -0.2) is 18.4 Å². The number of hydrogen-bond acceptors (Lipinski definition) is 4. The van der Waals surface area contributed by atoms with Crippen molar-refractivity contribution in [1.82, 2.24) is 14.8 Å². The molecule has 3 N–H and O–H groups in total. The fourth-order valence-electron chi connectivity index (χ4n) is 1.75. The molecule has 19 heavy (non-hydrogen) atoms. The van der Waals surface area contributed by atoms with Crippen molar-refractivity contribution in [1.29, 1.82) is 0 Å². The minimum Gasteiger partial charge on any atom is -0.381 e. The van der Waals surface area contributed by atoms with Crippen molar-refractivity contribution in [2.75, 3.05) is 0 Å². The second-order valence-electron chi connectivity index (χ2n) is 4.12. The maximum absolute atomic E-state index is 14.0. The van der Waals surface area contributed by atoms with Crippen LogP contribution in [0.15, 0.2) is 30.9 Å². The Hall–Kier alpha value is -1.86. The molecule has 1 aromatic carbocycles. The van der Waals surface area contributed by atoms with Crippen LogP contribution in [-0.2, 0) is 12.1 Å². The third-order valence-corrected chi connectivity index (χ3v) is 2.78. The molecule has 0 radical (unpaired) electrons. The first kappa shape index (κ1) is 9.99. The van der Waals surface area contributed by atoms with Crippen molar-refractivity contribution in [3.8, 4) is 0 Å². The van der Waals surface area contributed by atoms with Gasteiger partial charge in [-0.2, -0.15) is 5.10 Å². The number of halogens is 2. The summed E-state index contributed by atoms with van der Waals surface area (Å²) in [4.78, 5) is 3.66. The molecule has 2 rings (SSSR count). The number of aromatic nitrogens is 3. The van der Waals surface area contributed by atoms with E-state index in [1.165, 1.54) is 12.7 Å². The van der Waals surface area contributed by atoms with Crippen molar-refractivity contribution in [2.45, 2.75) is 25.0 Å². The van der Waals surface area contributed by atoms with Crippen LogP contribution in [0.4, 0.5) is 8.78 Å². The summed E-state index contributed by atoms with van der Waals surface area (Å²) in [6.07, 6.45) is 2.39. The first-order valence-electron chi connectivity index (χ1n) is 6.90. The third kappa shape index (κ3) is 2.61. The van der Waals surface area contributed by atoms with E-state index in [4.69, 9.17) is 9.85 Å². The zero-order valence-corrected chi connectivity index (χ0v) is 9.79. The second-order valence-corrected chi connectivity index (χ2v) is 4.12. The van der Waals surface area contributed by atoms with Gasteiger partial charge in [0, 0.05) is 21.8 Å². The molecule has 2 atom stereocenters. The van der Waals surface area contributed by atoms with Gasteiger partial charge in [0.2, 0.25) is 0 Å². The minimum absolute atomic E-state index is 0.423. The summed E-state index contributed by atoms with van der Waals surface area (Å²) in [5.74, 6) is -1.95. The van der Waals surface area contributed by atoms with Crippen LogP contribution < -0.4 is 5.73 Å². The molecule has 2 aromatic rings. The Morgan fingerprint density at radius 2 is 2.37 bits per heavy atom. The van der Waals surface area contributed by atoms with Crippen molar-refractivity contribution < 1.29 is 18.0 Å². The van der Waals surface area contributed by atoms with Crippen molar-refractivity contribution in [3.05, 3.63) is 48.1 Å². The Morgan fingerprint density at radius 1 is 1.58 bits per heavy atom. The van der Waals surface area contributed by atoms with E-state index in [-0.39, 0.29) is 0 Å². The summed E-state index contributed by atoms with van der Waals surface area (Å²) in [5, 5.41) is 14.5. The second kappa shape index (κ2) is 5.02. The first-order valence-corrected chi connectivity index (χ1v) is 5.40. The number of rotatable bonds is 4. The lowest BCUT2D eigenvalue weighted by molar-refractivity contribution is -0.00856. The standard InChI is InChI=1S/C12H14F2N4O/c1-8(15)12(19,5-18-7-16-6-17-18)10-3-2-9(13)4-11(10)14/h2-4,6-8,19H,5,15H2,1H3/t8-,12+/m0/s1/i1D3. The molecule has 0 amide bonds. The van der Waals surface area contributed by atoms with Crippen LogP contribution in [0, 0.1) is 11.6 Å². The van der Waals surface area contributed by atoms with E-state index in [2.05, 4.69) is 10.1 Å². The highest BCUT2D eigenvalue weighted by atomic mass is 19.1. The molecule has 5 nitrogen and oxygen atoms in total. The van der Waals surface area contributed by atoms with Crippen molar-refractivity contribution in [3.63, 3.8) is 0 Å². The van der Waals surface area contributed by atoms with Crippen LogP contribution >= 0.6 is 0 Å². The zero-order valence-electron chi connectivity index (χ0n) is 12.8. The third-order valence-electron chi connectivity index (χ3n) is 2.78. The first-order chi connectivity index (χ1) is 10.1. The van der Waals surface area contributed by atoms with Crippen LogP contribution in [0.2, 0.25) is 0 Å². The van der Waals surface area contributed by atoms with Crippen LogP contribution in [0.5, 0.6) is 0 Å². The average molecular weight is 271 g/mol. The summed E-state index contributed by atoms with van der Waals surface area (Å²) >= 11 is 0. The smallest absolute Gasteiger partial charge is 0.137 e. The van der Waals surface area contributed by atoms with Crippen LogP contribution in [0.1, 0.15) is 16.5 Å². The molecule has 7 heteroatoms. The molecule has 0 saturated carbocycles. The van der Waals surface area contributed by atoms with Gasteiger partial charge >= 0.3 is 0 Å². The predicted octanol–water partition coefficient (Wildman–Crippen LogP) is 0.791. The molecular formula is C12H14F2N4O. The van der Waals surface area contributed by atoms with E-state index >= 15 is 0 Å². The average Bonchev–Trinajstić information content (AvgIpc) is 2.89. The molecule has 0 saturated heterocycles. The van der Waals surface area contributed by atoms with Gasteiger partial charge in [0.1, 0.15) is 29.9 Å². The number of nitrogens with zero attached hydrogens (tertiary/aromatic N) is 3. The van der Waals surface area contributed by atoms with E-state index < -0.39 is 42.2 Å². The summed E-state index contributed by atoms with van der Waals surface area (Å²) in [7, 11) is 0. The van der Waals surface area contributed by atoms with Crippen molar-refractivity contribution >= 4 is 0 Å². The lowest BCUT2D eigenvalue weighted by Gasteiger charge is -2.32. The zero-order chi connectivity index (χ0) is 16.5. The topological polar surface area (TPSA) is 77.0 Å². The summed E-state index contributed by atoms with van der Waals surface area (Å²) in [5.41, 5.74) is 2.90. The van der Waals surface area contributed by atoms with Crippen LogP contribution in [0.3, 0.4) is 0 Å². The Morgan fingerprint density at radius 3 is 2.95 bits per heavy atom. The molecule has 0 unspecified atom stereocenters. The molecule has 0 fully saturated rings. The molecule has 0 bridgehead atoms. The number of aliphatic hydroxyl groups is 1. The Balaban J connectivity index is 2.53. The summed E-state index contributed by atoms with van der Waals surface area (Å²) < 4.78 is 50.4. The highest BCUT2D eigenvalue weighted by molar-refractivity contribution is 5.26. The van der Waals surface area contributed by atoms with E-state index in [1.807, 2.05) is 0 Å². The maximum atomic E-state index is 14.0. The van der Waals surface area contributed by atoms with E-state index in [0.717, 1.165) is 16.8 Å². The van der Waals surface area contributed by atoms with E-state index in [0.29, 0.717) is 6.07 Å². The molecular weight excluding hydrogens is 254 g/mol. The van der Waals surface area contributed by atoms with Gasteiger partial charge in [0.05, 0.1) is 6.54 Å². The Kier molecular flexibility index (Phi) is 2.64. The number of benzene rings is 1. The normalized spacial score (nSPS) is 19.1. The maximum Gasteiger partial charge on any atom is 0.137 e. The van der Waals surface area contributed by atoms with Crippen molar-refractivity contribution in [2.24, 2.45) is 5.73 Å². The monoisotopic (exact) mass is 271 g/mol. The van der Waals surface area contributed by atoms with Gasteiger partial charge in [-0.05, 0) is 12.9 Å². The van der Waals surface area contributed by atoms with Gasteiger partial charge in [0.15, 0.2) is 0 Å². The minimum atomic E-state index is -2.77. The van der Waals surface area contributed by atoms with Gasteiger partial charge in [-0.3, -0.25) is 0 Å². The fourth-order valence-corrected chi connectivity index (χ4v) is 1.75. The molecule has 0 aliphatic rings. The molecule has 0 aliphatic heterocycles. The Bertz CT molecular complexity index is 650. The molecule has 0 aliphatic carbocycles. The van der Waals surface area contributed by atoms with E-state index in [1.54, 1.807) is 0 Å². The SMILES string of the molecule is [2H]C([2H])([2H])[C@H](N)[C@](O)(Cn1cncn1)c1ccc(F)cc1F. The highest BCUT2D eigenvalue weighted by Gasteiger charge is 2.37. The van der Waals surface area contributed by atoms with Gasteiger partial charge < -0.3 is 10.8 Å². The largest absolute Gasteiger partial charge is 0.381 e. The lowest BCUT2D eigenvalue weighted by Crippen LogP contribution is -2.47. The molecule has 0 spiro atoms. The molecule has 1 heterocycles.